The second kappa shape index (κ2) is 15.4. The van der Waals surface area contributed by atoms with Crippen LogP contribution < -0.4 is 35.9 Å². The molecule has 0 fully saturated rings. The van der Waals surface area contributed by atoms with Gasteiger partial charge in [0.1, 0.15) is 17.5 Å². The Balaban J connectivity index is 1.61. The number of anilines is 3. The van der Waals surface area contributed by atoms with Crippen molar-refractivity contribution < 1.29 is 28.5 Å². The van der Waals surface area contributed by atoms with Crippen molar-refractivity contribution in [2.45, 2.75) is 45.2 Å². The van der Waals surface area contributed by atoms with Crippen molar-refractivity contribution in [1.29, 1.82) is 0 Å². The highest BCUT2D eigenvalue weighted by Crippen LogP contribution is 2.27. The van der Waals surface area contributed by atoms with Crippen LogP contribution in [0.25, 0.3) is 0 Å². The zero-order valence-corrected chi connectivity index (χ0v) is 23.9. The summed E-state index contributed by atoms with van der Waals surface area (Å²) >= 11 is 0. The number of esters is 1. The average Bonchev–Trinajstić information content (AvgIpc) is 3.00. The number of carbonyl (C=O) groups excluding carboxylic acids is 2. The van der Waals surface area contributed by atoms with Crippen molar-refractivity contribution in [1.82, 2.24) is 20.3 Å². The smallest absolute Gasteiger partial charge is 0.329 e. The van der Waals surface area contributed by atoms with Crippen molar-refractivity contribution in [2.24, 2.45) is 5.73 Å². The van der Waals surface area contributed by atoms with E-state index in [1.54, 1.807) is 18.2 Å². The van der Waals surface area contributed by atoms with E-state index in [1.165, 1.54) is 7.11 Å². The Morgan fingerprint density at radius 2 is 1.74 bits per heavy atom. The molecule has 1 atom stereocenters. The molecule has 3 aromatic rings. The molecule has 13 heteroatoms. The van der Waals surface area contributed by atoms with Gasteiger partial charge in [-0.1, -0.05) is 12.1 Å². The van der Waals surface area contributed by atoms with Gasteiger partial charge in [-0.05, 0) is 62.4 Å². The van der Waals surface area contributed by atoms with Gasteiger partial charge < -0.3 is 40.6 Å². The average molecular weight is 580 g/mol. The lowest BCUT2D eigenvalue weighted by Crippen LogP contribution is -2.46. The van der Waals surface area contributed by atoms with Crippen LogP contribution in [0.3, 0.4) is 0 Å². The van der Waals surface area contributed by atoms with Gasteiger partial charge in [-0.25, -0.2) is 4.79 Å². The van der Waals surface area contributed by atoms with Gasteiger partial charge in [0.15, 0.2) is 0 Å². The predicted molar refractivity (Wildman–Crippen MR) is 156 cm³/mol. The first-order valence-electron chi connectivity index (χ1n) is 14.0. The van der Waals surface area contributed by atoms with Crippen molar-refractivity contribution in [3.05, 3.63) is 53.6 Å². The van der Waals surface area contributed by atoms with Crippen molar-refractivity contribution in [2.75, 3.05) is 44.1 Å². The van der Waals surface area contributed by atoms with E-state index in [0.717, 1.165) is 37.0 Å². The lowest BCUT2D eigenvalue weighted by molar-refractivity contribution is -0.142. The molecule has 2 aliphatic rings. The van der Waals surface area contributed by atoms with Crippen LogP contribution >= 0.6 is 0 Å². The van der Waals surface area contributed by atoms with Gasteiger partial charge in [-0.2, -0.15) is 15.0 Å². The second-order valence-corrected chi connectivity index (χ2v) is 9.43. The van der Waals surface area contributed by atoms with Gasteiger partial charge in [-0.15, -0.1) is 0 Å². The normalized spacial score (nSPS) is 14.5. The first kappa shape index (κ1) is 30.3. The summed E-state index contributed by atoms with van der Waals surface area (Å²) in [6, 6.07) is 12.0. The van der Waals surface area contributed by atoms with Crippen LogP contribution in [0.2, 0.25) is 0 Å². The number of aromatic nitrogens is 3. The molecule has 0 saturated carbocycles. The van der Waals surface area contributed by atoms with Crippen molar-refractivity contribution >= 4 is 29.5 Å². The highest BCUT2D eigenvalue weighted by Gasteiger charge is 2.23. The minimum Gasteiger partial charge on any atom is -0.494 e. The summed E-state index contributed by atoms with van der Waals surface area (Å²) in [4.78, 5) is 38.3. The Morgan fingerprint density at radius 3 is 2.45 bits per heavy atom. The first-order chi connectivity index (χ1) is 20.5. The monoisotopic (exact) mass is 579 g/mol. The van der Waals surface area contributed by atoms with Crippen molar-refractivity contribution in [3.63, 3.8) is 0 Å². The van der Waals surface area contributed by atoms with Gasteiger partial charge in [0, 0.05) is 24.8 Å². The second-order valence-electron chi connectivity index (χ2n) is 9.43. The maximum Gasteiger partial charge on any atom is 0.329 e. The summed E-state index contributed by atoms with van der Waals surface area (Å²) in [5.41, 5.74) is 7.51. The Labute approximate surface area is 244 Å². The molecule has 13 nitrogen and oxygen atoms in total. The van der Waals surface area contributed by atoms with E-state index in [1.807, 2.05) is 31.2 Å². The summed E-state index contributed by atoms with van der Waals surface area (Å²) in [5.74, 6) is 0.551. The van der Waals surface area contributed by atoms with Crippen LogP contribution in [0.1, 0.15) is 48.5 Å². The third-order valence-electron chi connectivity index (χ3n) is 6.34. The molecule has 6 bridgehead atoms. The predicted octanol–water partition coefficient (Wildman–Crippen LogP) is 3.19. The van der Waals surface area contributed by atoms with Gasteiger partial charge in [0.05, 0.1) is 32.5 Å². The number of benzene rings is 2. The van der Waals surface area contributed by atoms with E-state index in [9.17, 15) is 9.59 Å². The Morgan fingerprint density at radius 1 is 1.00 bits per heavy atom. The number of methoxy groups -OCH3 is 1. The largest absolute Gasteiger partial charge is 0.494 e. The van der Waals surface area contributed by atoms with Gasteiger partial charge in [-0.3, -0.25) is 4.79 Å². The molecule has 0 saturated heterocycles. The Kier molecular flexibility index (Phi) is 11.1. The molecule has 224 valence electrons. The molecule has 2 aliphatic heterocycles. The number of amides is 1. The fourth-order valence-electron chi connectivity index (χ4n) is 4.13. The third kappa shape index (κ3) is 8.67. The van der Waals surface area contributed by atoms with E-state index in [4.69, 9.17) is 24.7 Å². The van der Waals surface area contributed by atoms with E-state index in [-0.39, 0.29) is 24.1 Å². The number of carbonyl (C=O) groups is 2. The third-order valence-corrected chi connectivity index (χ3v) is 6.34. The molecule has 0 radical (unpaired) electrons. The Hall–Kier alpha value is -4.65. The number of rotatable bonds is 6. The van der Waals surface area contributed by atoms with E-state index >= 15 is 0 Å². The van der Waals surface area contributed by atoms with Gasteiger partial charge in [0.2, 0.25) is 11.9 Å². The number of nitrogens with two attached hydrogens (primary N) is 1. The fourth-order valence-corrected chi connectivity index (χ4v) is 4.13. The molecule has 0 unspecified atom stereocenters. The maximum absolute atomic E-state index is 13.1. The zero-order valence-electron chi connectivity index (χ0n) is 23.9. The number of nitrogens with zero attached hydrogens (tertiary/aromatic N) is 3. The number of hydrogen-bond acceptors (Lipinski definition) is 12. The van der Waals surface area contributed by atoms with Gasteiger partial charge >= 0.3 is 12.0 Å². The summed E-state index contributed by atoms with van der Waals surface area (Å²) in [6.45, 7) is 3.59. The summed E-state index contributed by atoms with van der Waals surface area (Å²) in [7, 11) is 1.24. The maximum atomic E-state index is 13.1. The lowest BCUT2D eigenvalue weighted by atomic mass is 10.1. The van der Waals surface area contributed by atoms with Crippen LogP contribution in [0, 0.1) is 0 Å². The summed E-state index contributed by atoms with van der Waals surface area (Å²) in [5, 5.41) is 8.97. The molecule has 3 heterocycles. The molecule has 5 N–H and O–H groups in total. The molecule has 2 aromatic carbocycles. The first-order valence-corrected chi connectivity index (χ1v) is 14.0. The SMILES string of the molecule is CCOc1nc2nc(n1)Nc1ccc(C(=O)N[C@@H](CN)C(=O)OC)c(c1)OCCCCCCOc1ccc(cc1)CN2. The number of nitrogens with one attached hydrogen (secondary N) is 3. The molecule has 5 rings (SSSR count). The number of ether oxygens (including phenoxy) is 4. The number of hydrogen-bond donors (Lipinski definition) is 4. The highest BCUT2D eigenvalue weighted by molar-refractivity contribution is 5.99. The molecule has 0 aliphatic carbocycles. The van der Waals surface area contributed by atoms with E-state index < -0.39 is 17.9 Å². The highest BCUT2D eigenvalue weighted by atomic mass is 16.5. The molecular weight excluding hydrogens is 542 g/mol. The van der Waals surface area contributed by atoms with E-state index in [2.05, 4.69) is 30.9 Å². The minimum atomic E-state index is -0.989. The fraction of sp³-hybridized carbons (Fsp3) is 0.414. The number of fused-ring (bicyclic) bond motifs is 10. The molecule has 1 aromatic heterocycles. The molecule has 1 amide bonds. The van der Waals surface area contributed by atoms with Crippen LogP contribution in [0.15, 0.2) is 42.5 Å². The van der Waals surface area contributed by atoms with Crippen LogP contribution in [0.4, 0.5) is 17.6 Å². The molecular formula is C29H37N7O6. The molecule has 42 heavy (non-hydrogen) atoms. The summed E-state index contributed by atoms with van der Waals surface area (Å²) in [6.07, 6.45) is 3.59. The lowest BCUT2D eigenvalue weighted by Gasteiger charge is -2.17. The van der Waals surface area contributed by atoms with Crippen LogP contribution in [0.5, 0.6) is 17.5 Å². The zero-order chi connectivity index (χ0) is 29.7. The van der Waals surface area contributed by atoms with Gasteiger partial charge in [0.25, 0.3) is 5.91 Å². The van der Waals surface area contributed by atoms with E-state index in [0.29, 0.717) is 43.8 Å². The topological polar surface area (TPSA) is 172 Å². The van der Waals surface area contributed by atoms with Crippen molar-refractivity contribution in [3.8, 4) is 17.5 Å². The Bertz CT molecular complexity index is 1340. The van der Waals surface area contributed by atoms with Crippen LogP contribution in [-0.4, -0.2) is 66.3 Å². The molecule has 0 spiro atoms. The minimum absolute atomic E-state index is 0.111. The summed E-state index contributed by atoms with van der Waals surface area (Å²) < 4.78 is 22.2. The quantitative estimate of drug-likeness (QED) is 0.315. The van der Waals surface area contributed by atoms with Crippen LogP contribution in [-0.2, 0) is 16.1 Å². The standard InChI is InChI=1S/C29H37N7O6/c1-3-40-29-35-27-31-18-19-8-11-21(12-9-19)41-14-6-4-5-7-15-42-24-16-20(32-28(34-27)36-29)10-13-22(24)25(37)33-23(17-30)26(38)39-2/h8-13,16,23H,3-7,14-15,17-18,30H2,1-2H3,(H,33,37)(H2,31,32,34,35,36)/t23-/m0/s1.